The third-order valence-corrected chi connectivity index (χ3v) is 4.99. The molecule has 1 aliphatic rings. The zero-order valence-electron chi connectivity index (χ0n) is 12.9. The molecule has 2 atom stereocenters. The molecule has 0 aliphatic heterocycles. The van der Waals surface area contributed by atoms with Crippen molar-refractivity contribution in [3.05, 3.63) is 18.0 Å². The fourth-order valence-corrected chi connectivity index (χ4v) is 3.24. The Morgan fingerprint density at radius 2 is 2.25 bits per heavy atom. The fourth-order valence-electron chi connectivity index (χ4n) is 3.24. The van der Waals surface area contributed by atoms with Crippen LogP contribution in [-0.4, -0.2) is 21.6 Å². The summed E-state index contributed by atoms with van der Waals surface area (Å²) in [5.74, 6) is 0.247. The number of Topliss-reactive ketones (excluding diaryl/α,β-unsaturated/α-hetero) is 1. The van der Waals surface area contributed by atoms with Crippen LogP contribution in [0.25, 0.3) is 0 Å². The van der Waals surface area contributed by atoms with Gasteiger partial charge in [-0.3, -0.25) is 9.48 Å². The van der Waals surface area contributed by atoms with E-state index in [2.05, 4.69) is 18.9 Å². The summed E-state index contributed by atoms with van der Waals surface area (Å²) in [6.45, 7) is 6.35. The highest BCUT2D eigenvalue weighted by atomic mass is 16.1. The van der Waals surface area contributed by atoms with E-state index in [0.717, 1.165) is 37.8 Å². The number of carbonyl (C=O) groups is 1. The van der Waals surface area contributed by atoms with Crippen LogP contribution >= 0.6 is 0 Å². The molecule has 1 aromatic rings. The summed E-state index contributed by atoms with van der Waals surface area (Å²) in [4.78, 5) is 12.5. The molecule has 1 fully saturated rings. The summed E-state index contributed by atoms with van der Waals surface area (Å²) >= 11 is 0. The number of hydrogen-bond donors (Lipinski definition) is 1. The van der Waals surface area contributed by atoms with E-state index < -0.39 is 0 Å². The number of ketones is 1. The Hall–Kier alpha value is -1.16. The first kappa shape index (κ1) is 15.2. The van der Waals surface area contributed by atoms with Gasteiger partial charge >= 0.3 is 0 Å². The van der Waals surface area contributed by atoms with E-state index in [1.807, 2.05) is 23.9 Å². The molecule has 0 aromatic carbocycles. The summed E-state index contributed by atoms with van der Waals surface area (Å²) in [7, 11) is 0. The SMILES string of the molecule is CCC(CC)n1ccc(CC(=O)C2(C)CCCC2N)n1. The first-order valence-electron chi connectivity index (χ1n) is 7.84. The number of aromatic nitrogens is 2. The molecule has 2 rings (SSSR count). The molecule has 1 aromatic heterocycles. The maximum atomic E-state index is 12.5. The Labute approximate surface area is 121 Å². The van der Waals surface area contributed by atoms with Crippen LogP contribution < -0.4 is 5.73 Å². The van der Waals surface area contributed by atoms with Crippen molar-refractivity contribution < 1.29 is 4.79 Å². The van der Waals surface area contributed by atoms with Crippen LogP contribution in [0.5, 0.6) is 0 Å². The number of hydrogen-bond acceptors (Lipinski definition) is 3. The Morgan fingerprint density at radius 1 is 1.55 bits per heavy atom. The van der Waals surface area contributed by atoms with Crippen molar-refractivity contribution in [2.75, 3.05) is 0 Å². The Bertz CT molecular complexity index is 464. The van der Waals surface area contributed by atoms with Crippen LogP contribution in [-0.2, 0) is 11.2 Å². The van der Waals surface area contributed by atoms with Gasteiger partial charge in [0.15, 0.2) is 0 Å². The molecular weight excluding hydrogens is 250 g/mol. The number of nitrogens with zero attached hydrogens (tertiary/aromatic N) is 2. The largest absolute Gasteiger partial charge is 0.327 e. The van der Waals surface area contributed by atoms with Crippen molar-refractivity contribution in [2.45, 2.75) is 71.4 Å². The molecule has 0 saturated heterocycles. The van der Waals surface area contributed by atoms with E-state index >= 15 is 0 Å². The van der Waals surface area contributed by atoms with Crippen molar-refractivity contribution in [2.24, 2.45) is 11.1 Å². The standard InChI is InChI=1S/C16H27N3O/c1-4-13(5-2)19-10-8-12(18-19)11-15(20)16(3)9-6-7-14(16)17/h8,10,13-14H,4-7,9,11,17H2,1-3H3. The normalized spacial score (nSPS) is 26.4. The second-order valence-corrected chi connectivity index (χ2v) is 6.27. The minimum atomic E-state index is -0.349. The molecule has 0 spiro atoms. The van der Waals surface area contributed by atoms with Gasteiger partial charge in [-0.15, -0.1) is 0 Å². The second-order valence-electron chi connectivity index (χ2n) is 6.27. The summed E-state index contributed by atoms with van der Waals surface area (Å²) in [6, 6.07) is 2.42. The summed E-state index contributed by atoms with van der Waals surface area (Å²) in [6.07, 6.45) is 7.48. The van der Waals surface area contributed by atoms with Gasteiger partial charge < -0.3 is 5.73 Å². The fraction of sp³-hybridized carbons (Fsp3) is 0.750. The monoisotopic (exact) mass is 277 g/mol. The average molecular weight is 277 g/mol. The molecule has 4 heteroatoms. The molecule has 20 heavy (non-hydrogen) atoms. The van der Waals surface area contributed by atoms with E-state index in [1.165, 1.54) is 0 Å². The maximum absolute atomic E-state index is 12.5. The van der Waals surface area contributed by atoms with Crippen LogP contribution in [0.4, 0.5) is 0 Å². The highest BCUT2D eigenvalue weighted by Gasteiger charge is 2.42. The third-order valence-electron chi connectivity index (χ3n) is 4.99. The zero-order valence-corrected chi connectivity index (χ0v) is 12.9. The van der Waals surface area contributed by atoms with Crippen LogP contribution in [0.1, 0.15) is 64.6 Å². The summed E-state index contributed by atoms with van der Waals surface area (Å²) in [5.41, 5.74) is 6.65. The lowest BCUT2D eigenvalue weighted by molar-refractivity contribution is -0.127. The lowest BCUT2D eigenvalue weighted by Crippen LogP contribution is -2.41. The van der Waals surface area contributed by atoms with Crippen molar-refractivity contribution in [3.63, 3.8) is 0 Å². The van der Waals surface area contributed by atoms with Crippen LogP contribution in [0.15, 0.2) is 12.3 Å². The first-order chi connectivity index (χ1) is 9.51. The Balaban J connectivity index is 2.05. The van der Waals surface area contributed by atoms with Crippen LogP contribution in [0, 0.1) is 5.41 Å². The molecule has 0 amide bonds. The van der Waals surface area contributed by atoms with Gasteiger partial charge in [0.25, 0.3) is 0 Å². The van der Waals surface area contributed by atoms with E-state index in [0.29, 0.717) is 12.5 Å². The van der Waals surface area contributed by atoms with Gasteiger partial charge in [-0.25, -0.2) is 0 Å². The van der Waals surface area contributed by atoms with Gasteiger partial charge in [0.2, 0.25) is 0 Å². The van der Waals surface area contributed by atoms with E-state index in [4.69, 9.17) is 5.73 Å². The van der Waals surface area contributed by atoms with Crippen molar-refractivity contribution in [3.8, 4) is 0 Å². The van der Waals surface area contributed by atoms with Gasteiger partial charge in [0.05, 0.1) is 18.2 Å². The van der Waals surface area contributed by atoms with Gasteiger partial charge in [0.1, 0.15) is 5.78 Å². The number of nitrogens with two attached hydrogens (primary N) is 1. The highest BCUT2D eigenvalue weighted by Crippen LogP contribution is 2.38. The predicted molar refractivity (Wildman–Crippen MR) is 80.5 cm³/mol. The minimum Gasteiger partial charge on any atom is -0.327 e. The molecule has 2 unspecified atom stereocenters. The molecule has 4 nitrogen and oxygen atoms in total. The van der Waals surface area contributed by atoms with Crippen LogP contribution in [0.2, 0.25) is 0 Å². The molecule has 0 bridgehead atoms. The molecular formula is C16H27N3O. The maximum Gasteiger partial charge on any atom is 0.146 e. The second kappa shape index (κ2) is 6.08. The third kappa shape index (κ3) is 2.80. The smallest absolute Gasteiger partial charge is 0.146 e. The lowest BCUT2D eigenvalue weighted by Gasteiger charge is -2.26. The average Bonchev–Trinajstić information content (AvgIpc) is 3.00. The first-order valence-corrected chi connectivity index (χ1v) is 7.84. The zero-order chi connectivity index (χ0) is 14.8. The quantitative estimate of drug-likeness (QED) is 0.869. The Morgan fingerprint density at radius 3 is 2.80 bits per heavy atom. The number of rotatable bonds is 6. The van der Waals surface area contributed by atoms with Crippen LogP contribution in [0.3, 0.4) is 0 Å². The molecule has 1 heterocycles. The molecule has 2 N–H and O–H groups in total. The van der Waals surface area contributed by atoms with Gasteiger partial charge in [0, 0.05) is 17.7 Å². The molecule has 112 valence electrons. The van der Waals surface area contributed by atoms with Crippen molar-refractivity contribution in [1.82, 2.24) is 9.78 Å². The summed E-state index contributed by atoms with van der Waals surface area (Å²) in [5, 5.41) is 4.57. The van der Waals surface area contributed by atoms with Gasteiger partial charge in [-0.2, -0.15) is 5.10 Å². The summed E-state index contributed by atoms with van der Waals surface area (Å²) < 4.78 is 2.00. The van der Waals surface area contributed by atoms with E-state index in [1.54, 1.807) is 0 Å². The van der Waals surface area contributed by atoms with Crippen molar-refractivity contribution >= 4 is 5.78 Å². The Kier molecular flexibility index (Phi) is 4.63. The molecule has 0 radical (unpaired) electrons. The van der Waals surface area contributed by atoms with E-state index in [9.17, 15) is 4.79 Å². The highest BCUT2D eigenvalue weighted by molar-refractivity contribution is 5.87. The molecule has 1 aliphatic carbocycles. The van der Waals surface area contributed by atoms with E-state index in [-0.39, 0.29) is 17.2 Å². The van der Waals surface area contributed by atoms with Crippen molar-refractivity contribution in [1.29, 1.82) is 0 Å². The van der Waals surface area contributed by atoms with Gasteiger partial charge in [-0.1, -0.05) is 27.2 Å². The minimum absolute atomic E-state index is 0.0103. The number of carbonyl (C=O) groups excluding carboxylic acids is 1. The molecule has 1 saturated carbocycles. The predicted octanol–water partition coefficient (Wildman–Crippen LogP) is 2.87. The van der Waals surface area contributed by atoms with Gasteiger partial charge in [-0.05, 0) is 31.7 Å². The lowest BCUT2D eigenvalue weighted by atomic mass is 9.79. The topological polar surface area (TPSA) is 60.9 Å².